The van der Waals surface area contributed by atoms with Crippen molar-refractivity contribution in [1.82, 2.24) is 20.2 Å². The van der Waals surface area contributed by atoms with E-state index in [1.54, 1.807) is 36.7 Å². The van der Waals surface area contributed by atoms with Gasteiger partial charge in [-0.2, -0.15) is 0 Å². The molecule has 5 N–H and O–H groups in total. The van der Waals surface area contributed by atoms with Crippen molar-refractivity contribution in [3.05, 3.63) is 54.5 Å². The zero-order chi connectivity index (χ0) is 20.0. The first kappa shape index (κ1) is 19.9. The molecule has 0 amide bonds. The van der Waals surface area contributed by atoms with Gasteiger partial charge in [0.2, 0.25) is 10.0 Å². The number of aromatic amines is 1. The van der Waals surface area contributed by atoms with E-state index >= 15 is 0 Å². The van der Waals surface area contributed by atoms with Gasteiger partial charge in [-0.1, -0.05) is 18.2 Å². The fourth-order valence-electron chi connectivity index (χ4n) is 2.68. The van der Waals surface area contributed by atoms with Crippen LogP contribution < -0.4 is 15.5 Å². The lowest BCUT2D eigenvalue weighted by molar-refractivity contribution is -0.137. The first-order chi connectivity index (χ1) is 13.4. The summed E-state index contributed by atoms with van der Waals surface area (Å²) >= 11 is 0. The molecular formula is C17H21N5O5S. The van der Waals surface area contributed by atoms with E-state index < -0.39 is 28.5 Å². The van der Waals surface area contributed by atoms with Crippen LogP contribution in [0.5, 0.6) is 0 Å². The van der Waals surface area contributed by atoms with Crippen LogP contribution >= 0.6 is 0 Å². The Morgan fingerprint density at radius 3 is 2.79 bits per heavy atom. The number of carboxylic acid groups (broad SMARTS) is 1. The fraction of sp³-hybridized carbons (Fsp3) is 0.294. The first-order valence-electron chi connectivity index (χ1n) is 8.60. The van der Waals surface area contributed by atoms with E-state index in [0.717, 1.165) is 0 Å². The number of aliphatic carboxylic acids is 1. The van der Waals surface area contributed by atoms with Crippen molar-refractivity contribution in [2.24, 2.45) is 0 Å². The second-order valence-corrected chi connectivity index (χ2v) is 7.83. The van der Waals surface area contributed by atoms with Gasteiger partial charge in [-0.25, -0.2) is 18.1 Å². The number of nitrogens with one attached hydrogen (secondary N) is 4. The van der Waals surface area contributed by atoms with Gasteiger partial charge in [-0.15, -0.1) is 0 Å². The molecule has 0 radical (unpaired) electrons. The Balaban J connectivity index is 1.65. The zero-order valence-electron chi connectivity index (χ0n) is 14.8. The smallest absolute Gasteiger partial charge is 0.305 e. The van der Waals surface area contributed by atoms with Gasteiger partial charge in [0, 0.05) is 18.9 Å². The first-order valence-corrected chi connectivity index (χ1v) is 10.1. The number of hydrogen-bond donors (Lipinski definition) is 5. The van der Waals surface area contributed by atoms with Gasteiger partial charge < -0.3 is 15.4 Å². The normalized spacial score (nSPS) is 17.6. The minimum Gasteiger partial charge on any atom is -0.481 e. The number of sulfonamides is 1. The number of H-pyrrole nitrogens is 1. The quantitative estimate of drug-likeness (QED) is 0.389. The minimum atomic E-state index is -3.88. The van der Waals surface area contributed by atoms with Gasteiger partial charge in [0.1, 0.15) is 6.10 Å². The molecular weight excluding hydrogens is 386 g/mol. The molecule has 150 valence electrons. The van der Waals surface area contributed by atoms with Crippen molar-refractivity contribution in [2.45, 2.75) is 29.9 Å². The summed E-state index contributed by atoms with van der Waals surface area (Å²) in [4.78, 5) is 23.7. The minimum absolute atomic E-state index is 0.0594. The van der Waals surface area contributed by atoms with Crippen LogP contribution in [0.4, 0.5) is 5.95 Å². The number of anilines is 1. The molecule has 0 bridgehead atoms. The molecule has 0 saturated heterocycles. The van der Waals surface area contributed by atoms with E-state index in [4.69, 9.17) is 4.84 Å². The predicted molar refractivity (Wildman–Crippen MR) is 101 cm³/mol. The number of hydroxylamine groups is 1. The summed E-state index contributed by atoms with van der Waals surface area (Å²) in [6.45, 7) is 0.559. The zero-order valence-corrected chi connectivity index (χ0v) is 15.6. The fourth-order valence-corrected chi connectivity index (χ4v) is 3.92. The number of imidazole rings is 1. The molecule has 1 aromatic heterocycles. The van der Waals surface area contributed by atoms with Gasteiger partial charge in [0.05, 0.1) is 23.1 Å². The van der Waals surface area contributed by atoms with E-state index in [0.29, 0.717) is 24.6 Å². The maximum atomic E-state index is 12.5. The monoisotopic (exact) mass is 407 g/mol. The predicted octanol–water partition coefficient (Wildman–Crippen LogP) is 0.821. The molecule has 0 saturated carbocycles. The Bertz CT molecular complexity index is 915. The molecule has 2 aromatic rings. The summed E-state index contributed by atoms with van der Waals surface area (Å²) in [5.74, 6) is -0.499. The molecule has 2 unspecified atom stereocenters. The van der Waals surface area contributed by atoms with Crippen LogP contribution in [-0.2, 0) is 19.7 Å². The summed E-state index contributed by atoms with van der Waals surface area (Å²) < 4.78 is 27.5. The second-order valence-electron chi connectivity index (χ2n) is 6.12. The third kappa shape index (κ3) is 5.31. The lowest BCUT2D eigenvalue weighted by Crippen LogP contribution is -2.40. The van der Waals surface area contributed by atoms with Crippen molar-refractivity contribution in [1.29, 1.82) is 0 Å². The second kappa shape index (κ2) is 8.87. The van der Waals surface area contributed by atoms with Crippen LogP contribution in [0, 0.1) is 0 Å². The molecule has 3 rings (SSSR count). The van der Waals surface area contributed by atoms with Crippen LogP contribution in [0.15, 0.2) is 59.4 Å². The third-order valence-corrected chi connectivity index (χ3v) is 5.51. The maximum Gasteiger partial charge on any atom is 0.305 e. The summed E-state index contributed by atoms with van der Waals surface area (Å²) in [7, 11) is -3.88. The Labute approximate surface area is 162 Å². The number of benzene rings is 1. The van der Waals surface area contributed by atoms with E-state index in [2.05, 4.69) is 25.5 Å². The van der Waals surface area contributed by atoms with Crippen LogP contribution in [0.1, 0.15) is 12.8 Å². The Morgan fingerprint density at radius 1 is 1.32 bits per heavy atom. The Kier molecular flexibility index (Phi) is 6.29. The summed E-state index contributed by atoms with van der Waals surface area (Å²) in [6, 6.07) is 6.79. The van der Waals surface area contributed by atoms with Crippen molar-refractivity contribution in [3.8, 4) is 0 Å². The lowest BCUT2D eigenvalue weighted by Gasteiger charge is -2.18. The maximum absolute atomic E-state index is 12.5. The summed E-state index contributed by atoms with van der Waals surface area (Å²) in [6.07, 6.45) is 4.82. The molecule has 0 aliphatic carbocycles. The number of carboxylic acids is 1. The summed E-state index contributed by atoms with van der Waals surface area (Å²) in [5, 5.41) is 12.3. The van der Waals surface area contributed by atoms with Crippen LogP contribution in [-0.4, -0.2) is 48.2 Å². The number of hydrogen-bond acceptors (Lipinski definition) is 7. The van der Waals surface area contributed by atoms with Gasteiger partial charge in [0.25, 0.3) is 0 Å². The lowest BCUT2D eigenvalue weighted by atomic mass is 10.1. The molecule has 1 aliphatic rings. The van der Waals surface area contributed by atoms with Crippen LogP contribution in [0.25, 0.3) is 0 Å². The molecule has 10 nitrogen and oxygen atoms in total. The van der Waals surface area contributed by atoms with Crippen LogP contribution in [0.2, 0.25) is 0 Å². The Morgan fingerprint density at radius 2 is 2.11 bits per heavy atom. The number of rotatable bonds is 10. The molecule has 1 aromatic carbocycles. The highest BCUT2D eigenvalue weighted by Gasteiger charge is 2.29. The van der Waals surface area contributed by atoms with Crippen molar-refractivity contribution < 1.29 is 23.2 Å². The molecule has 0 spiro atoms. The van der Waals surface area contributed by atoms with Gasteiger partial charge in [-0.05, 0) is 24.6 Å². The van der Waals surface area contributed by atoms with Crippen molar-refractivity contribution in [2.75, 3.05) is 11.9 Å². The van der Waals surface area contributed by atoms with Crippen molar-refractivity contribution in [3.63, 3.8) is 0 Å². The average Bonchev–Trinajstić information content (AvgIpc) is 3.33. The molecule has 28 heavy (non-hydrogen) atoms. The molecule has 11 heteroatoms. The van der Waals surface area contributed by atoms with Crippen molar-refractivity contribution >= 4 is 21.9 Å². The topological polar surface area (TPSA) is 145 Å². The largest absolute Gasteiger partial charge is 0.481 e. The molecule has 2 heterocycles. The van der Waals surface area contributed by atoms with Gasteiger partial charge in [0.15, 0.2) is 5.95 Å². The van der Waals surface area contributed by atoms with E-state index in [9.17, 15) is 18.3 Å². The number of carbonyl (C=O) groups is 1. The van der Waals surface area contributed by atoms with E-state index in [1.807, 2.05) is 0 Å². The summed E-state index contributed by atoms with van der Waals surface area (Å²) in [5.41, 5.74) is 3.02. The number of aromatic nitrogens is 2. The number of nitrogens with zero attached hydrogens (tertiary/aromatic N) is 1. The van der Waals surface area contributed by atoms with E-state index in [1.165, 1.54) is 12.1 Å². The SMILES string of the molecule is O=C(O)CC(NS(=O)(=O)c1ccccc1)C1=CC(CCNc2ncc[nH]2)ON1. The standard InChI is InChI=1S/C17H21N5O5S/c23-16(24)11-15(22-28(25,26)13-4-2-1-3-5-13)14-10-12(27-21-14)6-7-18-17-19-8-9-20-17/h1-5,8-10,12,15,21-22H,6-7,11H2,(H,23,24)(H2,18,19,20). The third-order valence-electron chi connectivity index (χ3n) is 4.02. The Hall–Kier alpha value is -2.89. The van der Waals surface area contributed by atoms with E-state index in [-0.39, 0.29) is 11.0 Å². The highest BCUT2D eigenvalue weighted by atomic mass is 32.2. The molecule has 2 atom stereocenters. The molecule has 1 aliphatic heterocycles. The van der Waals surface area contributed by atoms with Crippen LogP contribution in [0.3, 0.4) is 0 Å². The average molecular weight is 407 g/mol. The molecule has 0 fully saturated rings. The highest BCUT2D eigenvalue weighted by molar-refractivity contribution is 7.89. The van der Waals surface area contributed by atoms with Gasteiger partial charge >= 0.3 is 5.97 Å². The highest BCUT2D eigenvalue weighted by Crippen LogP contribution is 2.18. The van der Waals surface area contributed by atoms with Gasteiger partial charge in [-0.3, -0.25) is 15.1 Å².